The number of hydrogen-bond acceptors (Lipinski definition) is 5. The normalized spacial score (nSPS) is 18.1. The summed E-state index contributed by atoms with van der Waals surface area (Å²) in [6, 6.07) is 2.03. The van der Waals surface area contributed by atoms with Crippen LogP contribution in [0, 0.1) is 0 Å². The van der Waals surface area contributed by atoms with E-state index in [4.69, 9.17) is 9.63 Å². The number of carboxylic acid groups (broad SMARTS) is 1. The van der Waals surface area contributed by atoms with Crippen LogP contribution in [0.4, 0.5) is 0 Å². The summed E-state index contributed by atoms with van der Waals surface area (Å²) in [6.07, 6.45) is 2.29. The Bertz CT molecular complexity index is 425. The molecule has 1 fully saturated rings. The van der Waals surface area contributed by atoms with Crippen LogP contribution in [0.2, 0.25) is 0 Å². The van der Waals surface area contributed by atoms with Crippen LogP contribution in [-0.2, 0) is 6.54 Å². The largest absolute Gasteiger partial charge is 0.476 e. The Balaban J connectivity index is 1.86. The Morgan fingerprint density at radius 2 is 2.26 bits per heavy atom. The molecule has 6 nitrogen and oxygen atoms in total. The predicted molar refractivity (Wildman–Crippen MR) is 70.1 cm³/mol. The lowest BCUT2D eigenvalue weighted by Gasteiger charge is -2.35. The average molecular weight is 267 g/mol. The van der Waals surface area contributed by atoms with Gasteiger partial charge >= 0.3 is 5.97 Å². The Kier molecular flexibility index (Phi) is 4.55. The number of hydrogen-bond donors (Lipinski definition) is 1. The quantitative estimate of drug-likeness (QED) is 0.867. The van der Waals surface area contributed by atoms with Crippen molar-refractivity contribution in [1.82, 2.24) is 15.0 Å². The summed E-state index contributed by atoms with van der Waals surface area (Å²) in [4.78, 5) is 15.4. The number of carboxylic acids is 1. The second-order valence-electron chi connectivity index (χ2n) is 5.06. The lowest BCUT2D eigenvalue weighted by molar-refractivity contribution is 0.0685. The maximum atomic E-state index is 10.7. The maximum Gasteiger partial charge on any atom is 0.358 e. The second kappa shape index (κ2) is 6.16. The van der Waals surface area contributed by atoms with E-state index in [0.717, 1.165) is 32.5 Å². The van der Waals surface area contributed by atoms with E-state index in [-0.39, 0.29) is 5.69 Å². The highest BCUT2D eigenvalue weighted by molar-refractivity contribution is 5.85. The molecule has 1 N–H and O–H groups in total. The van der Waals surface area contributed by atoms with Crippen molar-refractivity contribution in [1.29, 1.82) is 0 Å². The first-order chi connectivity index (χ1) is 9.10. The van der Waals surface area contributed by atoms with Crippen molar-refractivity contribution < 1.29 is 14.4 Å². The lowest BCUT2D eigenvalue weighted by atomic mass is 10.0. The molecule has 0 atom stereocenters. The number of piperidine rings is 1. The first-order valence-corrected chi connectivity index (χ1v) is 6.71. The summed E-state index contributed by atoms with van der Waals surface area (Å²) in [6.45, 7) is 6.16. The van der Waals surface area contributed by atoms with Crippen molar-refractivity contribution in [2.75, 3.05) is 26.7 Å². The molecule has 0 radical (unpaired) electrons. The fourth-order valence-electron chi connectivity index (χ4n) is 2.54. The molecular formula is C13H21N3O3. The summed E-state index contributed by atoms with van der Waals surface area (Å²) in [7, 11) is 2.05. The van der Waals surface area contributed by atoms with Gasteiger partial charge < -0.3 is 14.5 Å². The molecule has 0 saturated carbocycles. The van der Waals surface area contributed by atoms with Crippen molar-refractivity contribution in [2.24, 2.45) is 0 Å². The monoisotopic (exact) mass is 267 g/mol. The Labute approximate surface area is 113 Å². The van der Waals surface area contributed by atoms with Gasteiger partial charge in [-0.15, -0.1) is 0 Å². The third kappa shape index (κ3) is 3.54. The Morgan fingerprint density at radius 1 is 1.58 bits per heavy atom. The molecule has 0 aromatic carbocycles. The van der Waals surface area contributed by atoms with Crippen molar-refractivity contribution in [3.05, 3.63) is 17.5 Å². The van der Waals surface area contributed by atoms with Crippen LogP contribution in [0.15, 0.2) is 10.6 Å². The molecule has 0 amide bonds. The Hall–Kier alpha value is -1.40. The zero-order valence-electron chi connectivity index (χ0n) is 11.5. The number of rotatable bonds is 5. The number of likely N-dealkylation sites (tertiary alicyclic amines) is 1. The molecule has 1 saturated heterocycles. The van der Waals surface area contributed by atoms with Gasteiger partial charge in [-0.1, -0.05) is 12.1 Å². The van der Waals surface area contributed by atoms with Crippen molar-refractivity contribution >= 4 is 5.97 Å². The minimum absolute atomic E-state index is 0.0239. The van der Waals surface area contributed by atoms with E-state index >= 15 is 0 Å². The topological polar surface area (TPSA) is 69.8 Å². The van der Waals surface area contributed by atoms with Crippen LogP contribution in [0.25, 0.3) is 0 Å². The standard InChI is InChI=1S/C13H21N3O3/c1-3-16-6-4-10(5-7-16)15(2)9-11-8-12(13(17)18)14-19-11/h8,10H,3-7,9H2,1-2H3,(H,17,18). The first kappa shape index (κ1) is 14.0. The smallest absolute Gasteiger partial charge is 0.358 e. The first-order valence-electron chi connectivity index (χ1n) is 6.71. The summed E-state index contributed by atoms with van der Waals surface area (Å²) < 4.78 is 5.05. The number of carbonyl (C=O) groups is 1. The summed E-state index contributed by atoms with van der Waals surface area (Å²) in [5, 5.41) is 12.3. The van der Waals surface area contributed by atoms with E-state index in [9.17, 15) is 4.79 Å². The van der Waals surface area contributed by atoms with Gasteiger partial charge in [0.05, 0.1) is 6.54 Å². The van der Waals surface area contributed by atoms with Gasteiger partial charge in [-0.3, -0.25) is 4.90 Å². The van der Waals surface area contributed by atoms with Crippen molar-refractivity contribution in [3.8, 4) is 0 Å². The molecule has 1 aromatic rings. The molecule has 2 rings (SSSR count). The van der Waals surface area contributed by atoms with E-state index in [1.54, 1.807) is 0 Å². The minimum atomic E-state index is -1.05. The van der Waals surface area contributed by atoms with Crippen LogP contribution in [0.1, 0.15) is 36.0 Å². The number of aromatic carboxylic acids is 1. The average Bonchev–Trinajstić information content (AvgIpc) is 2.87. The van der Waals surface area contributed by atoms with Crippen LogP contribution in [0.5, 0.6) is 0 Å². The minimum Gasteiger partial charge on any atom is -0.476 e. The zero-order valence-corrected chi connectivity index (χ0v) is 11.5. The highest BCUT2D eigenvalue weighted by atomic mass is 16.5. The molecule has 106 valence electrons. The maximum absolute atomic E-state index is 10.7. The molecular weight excluding hydrogens is 246 g/mol. The van der Waals surface area contributed by atoms with Crippen LogP contribution in [0.3, 0.4) is 0 Å². The molecule has 0 spiro atoms. The summed E-state index contributed by atoms with van der Waals surface area (Å²) >= 11 is 0. The molecule has 1 aliphatic rings. The van der Waals surface area contributed by atoms with Gasteiger partial charge in [0.2, 0.25) is 0 Å². The third-order valence-corrected chi connectivity index (χ3v) is 3.81. The van der Waals surface area contributed by atoms with Crippen molar-refractivity contribution in [3.63, 3.8) is 0 Å². The van der Waals surface area contributed by atoms with E-state index in [1.165, 1.54) is 6.07 Å². The highest BCUT2D eigenvalue weighted by Gasteiger charge is 2.22. The van der Waals surface area contributed by atoms with Gasteiger partial charge in [-0.25, -0.2) is 4.79 Å². The predicted octanol–water partition coefficient (Wildman–Crippen LogP) is 1.29. The molecule has 0 aliphatic carbocycles. The summed E-state index contributed by atoms with van der Waals surface area (Å²) in [5.74, 6) is -0.438. The molecule has 1 aliphatic heterocycles. The fraction of sp³-hybridized carbons (Fsp3) is 0.692. The fourth-order valence-corrected chi connectivity index (χ4v) is 2.54. The lowest BCUT2D eigenvalue weighted by Crippen LogP contribution is -2.42. The van der Waals surface area contributed by atoms with E-state index < -0.39 is 5.97 Å². The van der Waals surface area contributed by atoms with Gasteiger partial charge in [-0.05, 0) is 39.5 Å². The van der Waals surface area contributed by atoms with Crippen molar-refractivity contribution in [2.45, 2.75) is 32.4 Å². The van der Waals surface area contributed by atoms with Gasteiger partial charge in [-0.2, -0.15) is 0 Å². The number of nitrogens with zero attached hydrogens (tertiary/aromatic N) is 3. The zero-order chi connectivity index (χ0) is 13.8. The Morgan fingerprint density at radius 3 is 2.79 bits per heavy atom. The van der Waals surface area contributed by atoms with Gasteiger partial charge in [0.1, 0.15) is 0 Å². The van der Waals surface area contributed by atoms with Gasteiger partial charge in [0.15, 0.2) is 11.5 Å². The molecule has 2 heterocycles. The third-order valence-electron chi connectivity index (χ3n) is 3.81. The van der Waals surface area contributed by atoms with Crippen LogP contribution < -0.4 is 0 Å². The van der Waals surface area contributed by atoms with E-state index in [1.807, 2.05) is 0 Å². The molecule has 0 bridgehead atoms. The molecule has 19 heavy (non-hydrogen) atoms. The van der Waals surface area contributed by atoms with E-state index in [2.05, 4.69) is 28.9 Å². The molecule has 6 heteroatoms. The molecule has 0 unspecified atom stereocenters. The van der Waals surface area contributed by atoms with E-state index in [0.29, 0.717) is 18.3 Å². The second-order valence-corrected chi connectivity index (χ2v) is 5.06. The highest BCUT2D eigenvalue weighted by Crippen LogP contribution is 2.17. The SMILES string of the molecule is CCN1CCC(N(C)Cc2cc(C(=O)O)no2)CC1. The summed E-state index contributed by atoms with van der Waals surface area (Å²) in [5.41, 5.74) is -0.0239. The van der Waals surface area contributed by atoms with Crippen LogP contribution >= 0.6 is 0 Å². The molecule has 1 aromatic heterocycles. The van der Waals surface area contributed by atoms with Crippen LogP contribution in [-0.4, -0.2) is 58.8 Å². The van der Waals surface area contributed by atoms with Gasteiger partial charge in [0.25, 0.3) is 0 Å². The van der Waals surface area contributed by atoms with Gasteiger partial charge in [0, 0.05) is 12.1 Å². The number of aromatic nitrogens is 1.